The SMILES string of the molecule is CCCNC(=O)C1CCc2nc(C)[nH]c2C1. The van der Waals surface area contributed by atoms with Crippen molar-refractivity contribution in [1.82, 2.24) is 15.3 Å². The molecule has 0 bridgehead atoms. The number of H-pyrrole nitrogens is 1. The lowest BCUT2D eigenvalue weighted by Crippen LogP contribution is -2.34. The lowest BCUT2D eigenvalue weighted by molar-refractivity contribution is -0.125. The molecular formula is C12H19N3O. The van der Waals surface area contributed by atoms with Crippen molar-refractivity contribution in [3.63, 3.8) is 0 Å². The molecule has 1 aliphatic rings. The number of amides is 1. The molecule has 2 rings (SSSR count). The molecule has 88 valence electrons. The van der Waals surface area contributed by atoms with Crippen LogP contribution in [0.1, 0.15) is 37.0 Å². The van der Waals surface area contributed by atoms with Gasteiger partial charge in [0.25, 0.3) is 0 Å². The molecule has 0 aromatic carbocycles. The third kappa shape index (κ3) is 2.26. The second-order valence-electron chi connectivity index (χ2n) is 4.48. The molecule has 0 saturated heterocycles. The molecule has 1 amide bonds. The molecule has 4 heteroatoms. The predicted octanol–water partition coefficient (Wildman–Crippen LogP) is 1.35. The fourth-order valence-corrected chi connectivity index (χ4v) is 2.24. The predicted molar refractivity (Wildman–Crippen MR) is 62.1 cm³/mol. The molecule has 16 heavy (non-hydrogen) atoms. The first-order chi connectivity index (χ1) is 7.70. The maximum absolute atomic E-state index is 11.8. The van der Waals surface area contributed by atoms with Crippen molar-refractivity contribution < 1.29 is 4.79 Å². The van der Waals surface area contributed by atoms with Gasteiger partial charge in [0.2, 0.25) is 5.91 Å². The van der Waals surface area contributed by atoms with Crippen LogP contribution in [0.15, 0.2) is 0 Å². The Morgan fingerprint density at radius 3 is 3.19 bits per heavy atom. The number of nitrogens with one attached hydrogen (secondary N) is 2. The highest BCUT2D eigenvalue weighted by Crippen LogP contribution is 2.23. The fourth-order valence-electron chi connectivity index (χ4n) is 2.24. The summed E-state index contributed by atoms with van der Waals surface area (Å²) in [7, 11) is 0. The van der Waals surface area contributed by atoms with Gasteiger partial charge in [0.05, 0.1) is 5.69 Å². The maximum Gasteiger partial charge on any atom is 0.223 e. The van der Waals surface area contributed by atoms with Crippen molar-refractivity contribution in [2.24, 2.45) is 5.92 Å². The summed E-state index contributed by atoms with van der Waals surface area (Å²) in [5, 5.41) is 2.97. The zero-order valence-corrected chi connectivity index (χ0v) is 9.97. The van der Waals surface area contributed by atoms with E-state index >= 15 is 0 Å². The molecule has 2 N–H and O–H groups in total. The zero-order chi connectivity index (χ0) is 11.5. The molecule has 1 heterocycles. The van der Waals surface area contributed by atoms with Crippen molar-refractivity contribution in [3.8, 4) is 0 Å². The van der Waals surface area contributed by atoms with Crippen LogP contribution >= 0.6 is 0 Å². The van der Waals surface area contributed by atoms with E-state index in [1.54, 1.807) is 0 Å². The number of fused-ring (bicyclic) bond motifs is 1. The normalized spacial score (nSPS) is 19.2. The minimum atomic E-state index is 0.124. The monoisotopic (exact) mass is 221 g/mol. The number of hydrogen-bond donors (Lipinski definition) is 2. The Morgan fingerprint density at radius 2 is 2.44 bits per heavy atom. The van der Waals surface area contributed by atoms with E-state index in [0.717, 1.165) is 49.4 Å². The Labute approximate surface area is 95.9 Å². The number of hydrogen-bond acceptors (Lipinski definition) is 2. The van der Waals surface area contributed by atoms with Crippen molar-refractivity contribution in [2.75, 3.05) is 6.54 Å². The Kier molecular flexibility index (Phi) is 3.27. The van der Waals surface area contributed by atoms with Gasteiger partial charge in [-0.2, -0.15) is 0 Å². The molecule has 0 saturated carbocycles. The van der Waals surface area contributed by atoms with Crippen LogP contribution in [0.5, 0.6) is 0 Å². The Hall–Kier alpha value is -1.32. The number of carbonyl (C=O) groups is 1. The number of aryl methyl sites for hydroxylation is 2. The van der Waals surface area contributed by atoms with Crippen molar-refractivity contribution in [2.45, 2.75) is 39.5 Å². The number of nitrogens with zero attached hydrogens (tertiary/aromatic N) is 1. The van der Waals surface area contributed by atoms with Crippen LogP contribution in [0.3, 0.4) is 0 Å². The molecule has 4 nitrogen and oxygen atoms in total. The van der Waals surface area contributed by atoms with Gasteiger partial charge in [0, 0.05) is 24.6 Å². The van der Waals surface area contributed by atoms with Gasteiger partial charge in [-0.15, -0.1) is 0 Å². The average Bonchev–Trinajstić information content (AvgIpc) is 2.64. The average molecular weight is 221 g/mol. The molecule has 1 aromatic rings. The van der Waals surface area contributed by atoms with E-state index in [0.29, 0.717) is 0 Å². The summed E-state index contributed by atoms with van der Waals surface area (Å²) in [6.07, 6.45) is 3.65. The third-order valence-corrected chi connectivity index (χ3v) is 3.08. The summed E-state index contributed by atoms with van der Waals surface area (Å²) >= 11 is 0. The van der Waals surface area contributed by atoms with Gasteiger partial charge >= 0.3 is 0 Å². The second-order valence-corrected chi connectivity index (χ2v) is 4.48. The van der Waals surface area contributed by atoms with Gasteiger partial charge < -0.3 is 10.3 Å². The molecule has 1 aliphatic carbocycles. The summed E-state index contributed by atoms with van der Waals surface area (Å²) in [4.78, 5) is 19.5. The highest BCUT2D eigenvalue weighted by molar-refractivity contribution is 5.79. The van der Waals surface area contributed by atoms with Crippen LogP contribution < -0.4 is 5.32 Å². The number of aromatic nitrogens is 2. The molecule has 0 aliphatic heterocycles. The van der Waals surface area contributed by atoms with Crippen molar-refractivity contribution >= 4 is 5.91 Å². The van der Waals surface area contributed by atoms with Crippen molar-refractivity contribution in [3.05, 3.63) is 17.2 Å². The lowest BCUT2D eigenvalue weighted by atomic mass is 9.89. The highest BCUT2D eigenvalue weighted by atomic mass is 16.1. The zero-order valence-electron chi connectivity index (χ0n) is 9.97. The number of rotatable bonds is 3. The van der Waals surface area contributed by atoms with Crippen LogP contribution in [0.25, 0.3) is 0 Å². The van der Waals surface area contributed by atoms with Gasteiger partial charge in [-0.05, 0) is 26.2 Å². The van der Waals surface area contributed by atoms with Gasteiger partial charge in [0.15, 0.2) is 0 Å². The largest absolute Gasteiger partial charge is 0.356 e. The molecule has 1 aromatic heterocycles. The molecule has 0 radical (unpaired) electrons. The van der Waals surface area contributed by atoms with Gasteiger partial charge in [-0.25, -0.2) is 4.98 Å². The van der Waals surface area contributed by atoms with Crippen LogP contribution in [0.4, 0.5) is 0 Å². The highest BCUT2D eigenvalue weighted by Gasteiger charge is 2.26. The fraction of sp³-hybridized carbons (Fsp3) is 0.667. The number of carbonyl (C=O) groups excluding carboxylic acids is 1. The second kappa shape index (κ2) is 4.68. The summed E-state index contributed by atoms with van der Waals surface area (Å²) in [5.74, 6) is 1.28. The summed E-state index contributed by atoms with van der Waals surface area (Å²) < 4.78 is 0. The van der Waals surface area contributed by atoms with E-state index < -0.39 is 0 Å². The quantitative estimate of drug-likeness (QED) is 0.809. The Bertz CT molecular complexity index is 384. The molecule has 1 atom stereocenters. The molecular weight excluding hydrogens is 202 g/mol. The summed E-state index contributed by atoms with van der Waals surface area (Å²) in [6.45, 7) is 4.81. The molecule has 0 spiro atoms. The van der Waals surface area contributed by atoms with E-state index in [4.69, 9.17) is 0 Å². The Balaban J connectivity index is 1.99. The summed E-state index contributed by atoms with van der Waals surface area (Å²) in [6, 6.07) is 0. The molecule has 0 fully saturated rings. The summed E-state index contributed by atoms with van der Waals surface area (Å²) in [5.41, 5.74) is 2.30. The van der Waals surface area contributed by atoms with E-state index in [2.05, 4.69) is 22.2 Å². The van der Waals surface area contributed by atoms with Crippen LogP contribution in [-0.2, 0) is 17.6 Å². The van der Waals surface area contributed by atoms with E-state index in [1.807, 2.05) is 6.92 Å². The van der Waals surface area contributed by atoms with Crippen molar-refractivity contribution in [1.29, 1.82) is 0 Å². The topological polar surface area (TPSA) is 57.8 Å². The van der Waals surface area contributed by atoms with Crippen LogP contribution in [0, 0.1) is 12.8 Å². The van der Waals surface area contributed by atoms with Gasteiger partial charge in [-0.1, -0.05) is 6.92 Å². The van der Waals surface area contributed by atoms with Crippen LogP contribution in [0.2, 0.25) is 0 Å². The first kappa shape index (κ1) is 11.2. The Morgan fingerprint density at radius 1 is 1.62 bits per heavy atom. The number of imidazole rings is 1. The van der Waals surface area contributed by atoms with E-state index in [9.17, 15) is 4.79 Å². The maximum atomic E-state index is 11.8. The van der Waals surface area contributed by atoms with E-state index in [1.165, 1.54) is 0 Å². The third-order valence-electron chi connectivity index (χ3n) is 3.08. The standard InChI is InChI=1S/C12H19N3O/c1-3-6-13-12(16)9-4-5-10-11(7-9)15-8(2)14-10/h9H,3-7H2,1-2H3,(H,13,16)(H,14,15). The van der Waals surface area contributed by atoms with Gasteiger partial charge in [-0.3, -0.25) is 4.79 Å². The minimum absolute atomic E-state index is 0.124. The number of aromatic amines is 1. The minimum Gasteiger partial charge on any atom is -0.356 e. The first-order valence-electron chi connectivity index (χ1n) is 6.02. The van der Waals surface area contributed by atoms with Crippen LogP contribution in [-0.4, -0.2) is 22.4 Å². The smallest absolute Gasteiger partial charge is 0.223 e. The molecule has 1 unspecified atom stereocenters. The van der Waals surface area contributed by atoms with Gasteiger partial charge in [0.1, 0.15) is 5.82 Å². The lowest BCUT2D eigenvalue weighted by Gasteiger charge is -2.20. The first-order valence-corrected chi connectivity index (χ1v) is 6.02. The van der Waals surface area contributed by atoms with E-state index in [-0.39, 0.29) is 11.8 Å².